The molecule has 1 aromatic heterocycles. The number of benzene rings is 1. The van der Waals surface area contributed by atoms with Gasteiger partial charge in [-0.25, -0.2) is 9.07 Å². The van der Waals surface area contributed by atoms with Gasteiger partial charge in [-0.15, -0.1) is 0 Å². The summed E-state index contributed by atoms with van der Waals surface area (Å²) < 4.78 is 14.7. The maximum atomic E-state index is 13.4. The number of hydrogen-bond acceptors (Lipinski definition) is 5. The Morgan fingerprint density at radius 3 is 2.85 bits per heavy atom. The molecule has 0 bridgehead atoms. The van der Waals surface area contributed by atoms with Crippen molar-refractivity contribution in [2.75, 3.05) is 18.8 Å². The zero-order chi connectivity index (χ0) is 19.6. The van der Waals surface area contributed by atoms with Gasteiger partial charge in [0, 0.05) is 13.5 Å². The van der Waals surface area contributed by atoms with Crippen molar-refractivity contribution in [2.24, 2.45) is 0 Å². The molecule has 8 nitrogen and oxygen atoms in total. The number of aromatic nitrogens is 2. The molecule has 3 N–H and O–H groups in total. The molecule has 1 saturated heterocycles. The summed E-state index contributed by atoms with van der Waals surface area (Å²) in [5.74, 6) is -1.31. The van der Waals surface area contributed by atoms with Gasteiger partial charge < -0.3 is 16.0 Å². The molecule has 1 aliphatic rings. The van der Waals surface area contributed by atoms with Crippen molar-refractivity contribution in [3.63, 3.8) is 0 Å². The molecule has 1 atom stereocenters. The van der Waals surface area contributed by atoms with Gasteiger partial charge in [-0.05, 0) is 31.0 Å². The molecule has 2 amide bonds. The van der Waals surface area contributed by atoms with Gasteiger partial charge in [0.15, 0.2) is 5.78 Å². The van der Waals surface area contributed by atoms with Gasteiger partial charge in [0.1, 0.15) is 11.6 Å². The van der Waals surface area contributed by atoms with Gasteiger partial charge in [-0.1, -0.05) is 6.07 Å². The summed E-state index contributed by atoms with van der Waals surface area (Å²) in [5.41, 5.74) is 6.65. The number of carbonyl (C=O) groups excluding carboxylic acids is 3. The number of Topliss-reactive ketones (excluding diaryl/α,β-unsaturated/α-hetero) is 1. The van der Waals surface area contributed by atoms with E-state index in [2.05, 4.69) is 10.4 Å². The molecule has 1 aromatic carbocycles. The van der Waals surface area contributed by atoms with Crippen LogP contribution >= 0.6 is 0 Å². The summed E-state index contributed by atoms with van der Waals surface area (Å²) in [6, 6.07) is 5.05. The SMILES string of the molecule is CC(=O)NCC(=O)N1CCC[C@H]1C(=O)c1cnn(-c2cccc(F)c2)c1N. The lowest BCUT2D eigenvalue weighted by molar-refractivity contribution is -0.132. The Morgan fingerprint density at radius 2 is 2.15 bits per heavy atom. The van der Waals surface area contributed by atoms with Crippen LogP contribution in [0, 0.1) is 5.82 Å². The second-order valence-electron chi connectivity index (χ2n) is 6.35. The van der Waals surface area contributed by atoms with Crippen molar-refractivity contribution in [1.82, 2.24) is 20.0 Å². The summed E-state index contributed by atoms with van der Waals surface area (Å²) in [6.07, 6.45) is 2.52. The fourth-order valence-electron chi connectivity index (χ4n) is 3.18. The first kappa shape index (κ1) is 18.6. The number of rotatable bonds is 5. The zero-order valence-corrected chi connectivity index (χ0v) is 14.8. The van der Waals surface area contributed by atoms with E-state index in [9.17, 15) is 18.8 Å². The number of halogens is 1. The molecule has 0 saturated carbocycles. The third-order valence-corrected chi connectivity index (χ3v) is 4.49. The van der Waals surface area contributed by atoms with Gasteiger partial charge in [0.25, 0.3) is 0 Å². The predicted molar refractivity (Wildman–Crippen MR) is 95.7 cm³/mol. The molecule has 0 spiro atoms. The Bertz CT molecular complexity index is 895. The van der Waals surface area contributed by atoms with Gasteiger partial charge in [0.05, 0.1) is 30.0 Å². The first-order valence-corrected chi connectivity index (χ1v) is 8.56. The summed E-state index contributed by atoms with van der Waals surface area (Å²) in [6.45, 7) is 1.60. The zero-order valence-electron chi connectivity index (χ0n) is 14.8. The van der Waals surface area contributed by atoms with E-state index >= 15 is 0 Å². The monoisotopic (exact) mass is 373 g/mol. The molecule has 0 unspecified atom stereocenters. The Morgan fingerprint density at radius 1 is 1.37 bits per heavy atom. The average molecular weight is 373 g/mol. The highest BCUT2D eigenvalue weighted by Gasteiger charge is 2.36. The number of carbonyl (C=O) groups is 3. The van der Waals surface area contributed by atoms with E-state index < -0.39 is 11.9 Å². The van der Waals surface area contributed by atoms with E-state index in [-0.39, 0.29) is 35.5 Å². The number of nitrogen functional groups attached to an aromatic ring is 1. The molecule has 2 aromatic rings. The summed E-state index contributed by atoms with van der Waals surface area (Å²) >= 11 is 0. The molecular weight excluding hydrogens is 353 g/mol. The normalized spacial score (nSPS) is 16.4. The van der Waals surface area contributed by atoms with Crippen molar-refractivity contribution >= 4 is 23.4 Å². The molecule has 0 aliphatic carbocycles. The van der Waals surface area contributed by atoms with Crippen LogP contribution in [0.25, 0.3) is 5.69 Å². The number of nitrogens with zero attached hydrogens (tertiary/aromatic N) is 3. The minimum atomic E-state index is -0.654. The second kappa shape index (κ2) is 7.56. The van der Waals surface area contributed by atoms with Crippen LogP contribution in [-0.4, -0.2) is 51.4 Å². The largest absolute Gasteiger partial charge is 0.383 e. The highest BCUT2D eigenvalue weighted by molar-refractivity contribution is 6.05. The van der Waals surface area contributed by atoms with Gasteiger partial charge in [0.2, 0.25) is 11.8 Å². The van der Waals surface area contributed by atoms with E-state index in [1.807, 2.05) is 0 Å². The summed E-state index contributed by atoms with van der Waals surface area (Å²) in [5, 5.41) is 6.54. The van der Waals surface area contributed by atoms with E-state index in [4.69, 9.17) is 5.73 Å². The first-order chi connectivity index (χ1) is 12.9. The van der Waals surface area contributed by atoms with Crippen LogP contribution in [0.3, 0.4) is 0 Å². The Balaban J connectivity index is 1.81. The molecule has 1 aliphatic heterocycles. The first-order valence-electron chi connectivity index (χ1n) is 8.56. The van der Waals surface area contributed by atoms with Crippen LogP contribution in [0.15, 0.2) is 30.5 Å². The number of nitrogens with one attached hydrogen (secondary N) is 1. The van der Waals surface area contributed by atoms with Crippen molar-refractivity contribution in [3.05, 3.63) is 41.8 Å². The lowest BCUT2D eigenvalue weighted by Crippen LogP contribution is -2.45. The van der Waals surface area contributed by atoms with Crippen molar-refractivity contribution in [2.45, 2.75) is 25.8 Å². The molecule has 2 heterocycles. The second-order valence-corrected chi connectivity index (χ2v) is 6.35. The van der Waals surface area contributed by atoms with E-state index in [1.54, 1.807) is 6.07 Å². The fourth-order valence-corrected chi connectivity index (χ4v) is 3.18. The third kappa shape index (κ3) is 3.81. The smallest absolute Gasteiger partial charge is 0.242 e. The van der Waals surface area contributed by atoms with Crippen LogP contribution in [0.4, 0.5) is 10.2 Å². The summed E-state index contributed by atoms with van der Waals surface area (Å²) in [4.78, 5) is 37.7. The van der Waals surface area contributed by atoms with E-state index in [0.717, 1.165) is 0 Å². The van der Waals surface area contributed by atoms with Crippen molar-refractivity contribution < 1.29 is 18.8 Å². The van der Waals surface area contributed by atoms with E-state index in [0.29, 0.717) is 25.1 Å². The van der Waals surface area contributed by atoms with Crippen LogP contribution in [-0.2, 0) is 9.59 Å². The summed E-state index contributed by atoms with van der Waals surface area (Å²) in [7, 11) is 0. The quantitative estimate of drug-likeness (QED) is 0.757. The van der Waals surface area contributed by atoms with Gasteiger partial charge in [-0.2, -0.15) is 5.10 Å². The lowest BCUT2D eigenvalue weighted by atomic mass is 10.0. The van der Waals surface area contributed by atoms with Crippen LogP contribution in [0.2, 0.25) is 0 Å². The molecule has 9 heteroatoms. The number of hydrogen-bond donors (Lipinski definition) is 2. The highest BCUT2D eigenvalue weighted by Crippen LogP contribution is 2.25. The molecule has 27 heavy (non-hydrogen) atoms. The lowest BCUT2D eigenvalue weighted by Gasteiger charge is -2.23. The number of amides is 2. The van der Waals surface area contributed by atoms with Gasteiger partial charge in [-0.3, -0.25) is 14.4 Å². The molecule has 3 rings (SSSR count). The Labute approximate surface area is 155 Å². The average Bonchev–Trinajstić information content (AvgIpc) is 3.26. The molecule has 1 fully saturated rings. The number of nitrogens with two attached hydrogens (primary N) is 1. The van der Waals surface area contributed by atoms with Crippen LogP contribution < -0.4 is 11.1 Å². The fraction of sp³-hybridized carbons (Fsp3) is 0.333. The Kier molecular flexibility index (Phi) is 5.20. The number of anilines is 1. The predicted octanol–water partition coefficient (Wildman–Crippen LogP) is 0.903. The van der Waals surface area contributed by atoms with Gasteiger partial charge >= 0.3 is 0 Å². The maximum Gasteiger partial charge on any atom is 0.242 e. The van der Waals surface area contributed by atoms with Crippen molar-refractivity contribution in [1.29, 1.82) is 0 Å². The topological polar surface area (TPSA) is 110 Å². The highest BCUT2D eigenvalue weighted by atomic mass is 19.1. The van der Waals surface area contributed by atoms with Crippen LogP contribution in [0.5, 0.6) is 0 Å². The molecule has 0 radical (unpaired) electrons. The molecule has 142 valence electrons. The number of ketones is 1. The van der Waals surface area contributed by atoms with Crippen LogP contribution in [0.1, 0.15) is 30.1 Å². The number of likely N-dealkylation sites (tertiary alicyclic amines) is 1. The third-order valence-electron chi connectivity index (χ3n) is 4.49. The standard InChI is InChI=1S/C18H20FN5O3/c1-11(25)21-10-16(26)23-7-3-6-15(23)17(27)14-9-22-24(18(14)20)13-5-2-4-12(19)8-13/h2,4-5,8-9,15H,3,6-7,10,20H2,1H3,(H,21,25)/t15-/m0/s1. The van der Waals surface area contributed by atoms with Crippen molar-refractivity contribution in [3.8, 4) is 5.69 Å². The minimum Gasteiger partial charge on any atom is -0.383 e. The maximum absolute atomic E-state index is 13.4. The minimum absolute atomic E-state index is 0.0896. The Hall–Kier alpha value is -3.23. The molecular formula is C18H20FN5O3. The van der Waals surface area contributed by atoms with E-state index in [1.165, 1.54) is 40.9 Å².